The minimum atomic E-state index is -0.599. The van der Waals surface area contributed by atoms with Gasteiger partial charge in [-0.25, -0.2) is 0 Å². The Morgan fingerprint density at radius 3 is 2.50 bits per heavy atom. The number of aromatic nitrogens is 1. The summed E-state index contributed by atoms with van der Waals surface area (Å²) in [5.74, 6) is 0.769. The Morgan fingerprint density at radius 1 is 1.42 bits per heavy atom. The molecule has 1 N–H and O–H groups in total. The van der Waals surface area contributed by atoms with Crippen LogP contribution < -0.4 is 0 Å². The predicted molar refractivity (Wildman–Crippen MR) is 53.4 cm³/mol. The quantitative estimate of drug-likeness (QED) is 0.771. The highest BCUT2D eigenvalue weighted by Gasteiger charge is 2.19. The molecular formula is C9H15NOS. The zero-order valence-corrected chi connectivity index (χ0v) is 8.34. The van der Waals surface area contributed by atoms with Gasteiger partial charge < -0.3 is 9.67 Å². The van der Waals surface area contributed by atoms with Crippen molar-refractivity contribution in [2.75, 3.05) is 12.0 Å². The van der Waals surface area contributed by atoms with E-state index in [1.165, 1.54) is 0 Å². The van der Waals surface area contributed by atoms with E-state index in [9.17, 15) is 5.11 Å². The number of nitrogens with zero attached hydrogens (tertiary/aromatic N) is 1. The van der Waals surface area contributed by atoms with Crippen LogP contribution in [-0.4, -0.2) is 27.3 Å². The molecule has 0 spiro atoms. The van der Waals surface area contributed by atoms with Crippen molar-refractivity contribution >= 4 is 11.8 Å². The van der Waals surface area contributed by atoms with Crippen molar-refractivity contribution in [3.05, 3.63) is 24.5 Å². The van der Waals surface area contributed by atoms with Gasteiger partial charge >= 0.3 is 0 Å². The lowest BCUT2D eigenvalue weighted by molar-refractivity contribution is 0.0667. The Balaban J connectivity index is 2.50. The van der Waals surface area contributed by atoms with E-state index in [0.717, 1.165) is 5.75 Å². The standard InChI is InChI=1S/C9H15NOS/c1-9(11,8-12-2)7-10-5-3-4-6-10/h3-6,11H,7-8H2,1-2H3. The fourth-order valence-corrected chi connectivity index (χ4v) is 1.94. The maximum Gasteiger partial charge on any atom is 0.0887 e. The lowest BCUT2D eigenvalue weighted by Gasteiger charge is -2.22. The molecule has 1 heterocycles. The first-order valence-corrected chi connectivity index (χ1v) is 5.35. The summed E-state index contributed by atoms with van der Waals surface area (Å²) in [7, 11) is 0. The summed E-state index contributed by atoms with van der Waals surface area (Å²) in [6.45, 7) is 2.53. The van der Waals surface area contributed by atoms with E-state index in [-0.39, 0.29) is 0 Å². The van der Waals surface area contributed by atoms with E-state index in [4.69, 9.17) is 0 Å². The second-order valence-electron chi connectivity index (χ2n) is 3.29. The van der Waals surface area contributed by atoms with Crippen LogP contribution in [0.25, 0.3) is 0 Å². The maximum absolute atomic E-state index is 9.84. The molecule has 0 bridgehead atoms. The Morgan fingerprint density at radius 2 is 2.00 bits per heavy atom. The fraction of sp³-hybridized carbons (Fsp3) is 0.556. The highest BCUT2D eigenvalue weighted by atomic mass is 32.2. The van der Waals surface area contributed by atoms with Gasteiger partial charge in [0.2, 0.25) is 0 Å². The molecule has 1 aromatic rings. The summed E-state index contributed by atoms with van der Waals surface area (Å²) >= 11 is 1.67. The van der Waals surface area contributed by atoms with E-state index < -0.39 is 5.60 Å². The van der Waals surface area contributed by atoms with Crippen LogP contribution in [0.3, 0.4) is 0 Å². The van der Waals surface area contributed by atoms with Gasteiger partial charge in [0.1, 0.15) is 0 Å². The van der Waals surface area contributed by atoms with Crippen molar-refractivity contribution in [2.24, 2.45) is 0 Å². The Kier molecular flexibility index (Phi) is 3.23. The molecule has 1 atom stereocenters. The van der Waals surface area contributed by atoms with Gasteiger partial charge in [0.25, 0.3) is 0 Å². The summed E-state index contributed by atoms with van der Waals surface area (Å²) in [4.78, 5) is 0. The lowest BCUT2D eigenvalue weighted by atomic mass is 10.1. The van der Waals surface area contributed by atoms with E-state index in [2.05, 4.69) is 0 Å². The molecule has 1 rings (SSSR count). The molecule has 0 aliphatic heterocycles. The molecule has 0 radical (unpaired) electrons. The highest BCUT2D eigenvalue weighted by molar-refractivity contribution is 7.98. The molecule has 1 aromatic heterocycles. The summed E-state index contributed by atoms with van der Waals surface area (Å²) in [6, 6.07) is 3.93. The van der Waals surface area contributed by atoms with Crippen molar-refractivity contribution in [1.29, 1.82) is 0 Å². The average Bonchev–Trinajstić information content (AvgIpc) is 2.38. The molecule has 0 saturated heterocycles. The second kappa shape index (κ2) is 4.01. The van der Waals surface area contributed by atoms with Gasteiger partial charge in [0.05, 0.1) is 12.1 Å². The third-order valence-corrected chi connectivity index (χ3v) is 2.56. The largest absolute Gasteiger partial charge is 0.387 e. The van der Waals surface area contributed by atoms with Crippen molar-refractivity contribution in [1.82, 2.24) is 4.57 Å². The van der Waals surface area contributed by atoms with Gasteiger partial charge in [-0.2, -0.15) is 11.8 Å². The van der Waals surface area contributed by atoms with Crippen molar-refractivity contribution in [3.8, 4) is 0 Å². The number of hydrogen-bond donors (Lipinski definition) is 1. The molecule has 0 aliphatic carbocycles. The molecule has 2 nitrogen and oxygen atoms in total. The van der Waals surface area contributed by atoms with Gasteiger partial charge in [-0.1, -0.05) is 0 Å². The third kappa shape index (κ3) is 2.91. The van der Waals surface area contributed by atoms with E-state index in [0.29, 0.717) is 6.54 Å². The van der Waals surface area contributed by atoms with Gasteiger partial charge in [0.15, 0.2) is 0 Å². The molecule has 0 saturated carbocycles. The summed E-state index contributed by atoms with van der Waals surface area (Å²) in [5, 5.41) is 9.84. The SMILES string of the molecule is CSCC(C)(O)Cn1cccc1. The zero-order chi connectivity index (χ0) is 9.03. The van der Waals surface area contributed by atoms with Gasteiger partial charge in [0, 0.05) is 18.1 Å². The number of rotatable bonds is 4. The average molecular weight is 185 g/mol. The molecule has 0 aromatic carbocycles. The highest BCUT2D eigenvalue weighted by Crippen LogP contribution is 2.13. The molecular weight excluding hydrogens is 170 g/mol. The Labute approximate surface area is 77.6 Å². The molecule has 12 heavy (non-hydrogen) atoms. The number of aliphatic hydroxyl groups is 1. The molecule has 68 valence electrons. The van der Waals surface area contributed by atoms with Crippen molar-refractivity contribution < 1.29 is 5.11 Å². The second-order valence-corrected chi connectivity index (χ2v) is 4.15. The molecule has 0 fully saturated rings. The minimum absolute atomic E-state index is 0.599. The maximum atomic E-state index is 9.84. The predicted octanol–water partition coefficient (Wildman–Crippen LogP) is 1.60. The molecule has 0 amide bonds. The minimum Gasteiger partial charge on any atom is -0.387 e. The normalized spacial score (nSPS) is 15.9. The van der Waals surface area contributed by atoms with Crippen LogP contribution in [0.1, 0.15) is 6.92 Å². The first-order valence-electron chi connectivity index (χ1n) is 3.96. The Bertz CT molecular complexity index is 218. The van der Waals surface area contributed by atoms with Crippen LogP contribution in [0.5, 0.6) is 0 Å². The van der Waals surface area contributed by atoms with Gasteiger partial charge in [-0.3, -0.25) is 0 Å². The zero-order valence-electron chi connectivity index (χ0n) is 7.53. The van der Waals surface area contributed by atoms with Crippen LogP contribution in [0.15, 0.2) is 24.5 Å². The summed E-state index contributed by atoms with van der Waals surface area (Å²) in [5.41, 5.74) is -0.599. The number of thioether (sulfide) groups is 1. The van der Waals surface area contributed by atoms with Gasteiger partial charge in [-0.05, 0) is 25.3 Å². The topological polar surface area (TPSA) is 25.2 Å². The first-order chi connectivity index (χ1) is 5.64. The lowest BCUT2D eigenvalue weighted by Crippen LogP contribution is -2.32. The molecule has 3 heteroatoms. The van der Waals surface area contributed by atoms with Crippen molar-refractivity contribution in [2.45, 2.75) is 19.1 Å². The monoisotopic (exact) mass is 185 g/mol. The number of hydrogen-bond acceptors (Lipinski definition) is 2. The summed E-state index contributed by atoms with van der Waals surface area (Å²) < 4.78 is 2.00. The van der Waals surface area contributed by atoms with Crippen LogP contribution in [-0.2, 0) is 6.54 Å². The molecule has 1 unspecified atom stereocenters. The third-order valence-electron chi connectivity index (χ3n) is 1.64. The van der Waals surface area contributed by atoms with Crippen LogP contribution in [0, 0.1) is 0 Å². The van der Waals surface area contributed by atoms with E-state index >= 15 is 0 Å². The Hall–Kier alpha value is -0.410. The van der Waals surface area contributed by atoms with Crippen molar-refractivity contribution in [3.63, 3.8) is 0 Å². The first kappa shape index (κ1) is 9.68. The van der Waals surface area contributed by atoms with E-state index in [1.54, 1.807) is 11.8 Å². The smallest absolute Gasteiger partial charge is 0.0887 e. The van der Waals surface area contributed by atoms with Crippen LogP contribution in [0.2, 0.25) is 0 Å². The van der Waals surface area contributed by atoms with Gasteiger partial charge in [-0.15, -0.1) is 0 Å². The van der Waals surface area contributed by atoms with Crippen LogP contribution in [0.4, 0.5) is 0 Å². The van der Waals surface area contributed by atoms with E-state index in [1.807, 2.05) is 42.3 Å². The summed E-state index contributed by atoms with van der Waals surface area (Å²) in [6.07, 6.45) is 5.94. The molecule has 0 aliphatic rings. The van der Waals surface area contributed by atoms with Crippen LogP contribution >= 0.6 is 11.8 Å². The fourth-order valence-electron chi connectivity index (χ4n) is 1.23.